The molecule has 0 aliphatic rings. The van der Waals surface area contributed by atoms with E-state index < -0.39 is 10.0 Å². The highest BCUT2D eigenvalue weighted by molar-refractivity contribution is 7.92. The summed E-state index contributed by atoms with van der Waals surface area (Å²) in [6, 6.07) is 14.1. The second-order valence-corrected chi connectivity index (χ2v) is 8.83. The molecule has 1 atom stereocenters. The minimum atomic E-state index is -3.78. The Balaban J connectivity index is 1.68. The number of furan rings is 1. The highest BCUT2D eigenvalue weighted by Gasteiger charge is 2.18. The number of hydrogen-bond donors (Lipinski definition) is 2. The molecule has 0 aliphatic heterocycles. The minimum absolute atomic E-state index is 0.0623. The highest BCUT2D eigenvalue weighted by atomic mass is 32.2. The normalized spacial score (nSPS) is 12.3. The van der Waals surface area contributed by atoms with Crippen LogP contribution < -0.4 is 14.8 Å². The molecule has 0 fully saturated rings. The Morgan fingerprint density at radius 3 is 2.26 bits per heavy atom. The summed E-state index contributed by atoms with van der Waals surface area (Å²) in [7, 11) is -3.78. The van der Waals surface area contributed by atoms with Crippen molar-refractivity contribution in [3.05, 3.63) is 77.2 Å². The lowest BCUT2D eigenvalue weighted by molar-refractivity contribution is 0.0939. The molecule has 1 amide bonds. The smallest absolute Gasteiger partial charge is 0.261 e. The zero-order chi connectivity index (χ0) is 22.6. The van der Waals surface area contributed by atoms with Crippen LogP contribution in [0, 0.1) is 13.8 Å². The average molecular weight is 443 g/mol. The van der Waals surface area contributed by atoms with Crippen molar-refractivity contribution in [2.75, 3.05) is 11.3 Å². The van der Waals surface area contributed by atoms with Gasteiger partial charge >= 0.3 is 0 Å². The van der Waals surface area contributed by atoms with E-state index in [-0.39, 0.29) is 16.8 Å². The van der Waals surface area contributed by atoms with Gasteiger partial charge < -0.3 is 14.5 Å². The van der Waals surface area contributed by atoms with Crippen LogP contribution in [-0.2, 0) is 10.0 Å². The second-order valence-electron chi connectivity index (χ2n) is 7.15. The fraction of sp³-hybridized carbons (Fsp3) is 0.261. The van der Waals surface area contributed by atoms with Crippen molar-refractivity contribution in [1.29, 1.82) is 0 Å². The topological polar surface area (TPSA) is 97.6 Å². The van der Waals surface area contributed by atoms with E-state index in [1.807, 2.05) is 33.8 Å². The summed E-state index contributed by atoms with van der Waals surface area (Å²) >= 11 is 0. The number of nitrogens with one attached hydrogen (secondary N) is 2. The van der Waals surface area contributed by atoms with Gasteiger partial charge in [-0.15, -0.1) is 0 Å². The molecular formula is C23H26N2O5S. The van der Waals surface area contributed by atoms with Gasteiger partial charge in [0.15, 0.2) is 0 Å². The SMILES string of the molecule is CCOc1ccc(NS(=O)(=O)c2ccc(C(=O)NC(C)c3cc(C)oc3C)cc2)cc1. The fourth-order valence-electron chi connectivity index (χ4n) is 3.22. The zero-order valence-electron chi connectivity index (χ0n) is 17.9. The molecule has 0 saturated carbocycles. The first-order valence-electron chi connectivity index (χ1n) is 9.93. The Kier molecular flexibility index (Phi) is 6.70. The van der Waals surface area contributed by atoms with Gasteiger partial charge in [0.1, 0.15) is 17.3 Å². The van der Waals surface area contributed by atoms with Crippen molar-refractivity contribution < 1.29 is 22.4 Å². The number of rotatable bonds is 8. The van der Waals surface area contributed by atoms with Crippen LogP contribution in [0.2, 0.25) is 0 Å². The standard InChI is InChI=1S/C23H26N2O5S/c1-5-29-20-10-8-19(9-11-20)25-31(27,28)21-12-6-18(7-13-21)23(26)24-16(3)22-14-15(2)30-17(22)4/h6-14,16,25H,5H2,1-4H3,(H,24,26). The summed E-state index contributed by atoms with van der Waals surface area (Å²) in [5, 5.41) is 2.90. The van der Waals surface area contributed by atoms with E-state index in [4.69, 9.17) is 9.15 Å². The summed E-state index contributed by atoms with van der Waals surface area (Å²) in [5.41, 5.74) is 1.69. The molecule has 0 spiro atoms. The number of benzene rings is 2. The van der Waals surface area contributed by atoms with Crippen molar-refractivity contribution in [3.8, 4) is 5.75 Å². The predicted molar refractivity (Wildman–Crippen MR) is 119 cm³/mol. The molecule has 1 heterocycles. The van der Waals surface area contributed by atoms with Crippen LogP contribution in [-0.4, -0.2) is 20.9 Å². The molecule has 3 aromatic rings. The largest absolute Gasteiger partial charge is 0.494 e. The molecule has 31 heavy (non-hydrogen) atoms. The molecule has 0 bridgehead atoms. The molecule has 8 heteroatoms. The van der Waals surface area contributed by atoms with Crippen LogP contribution >= 0.6 is 0 Å². The van der Waals surface area contributed by atoms with Crippen molar-refractivity contribution in [3.63, 3.8) is 0 Å². The van der Waals surface area contributed by atoms with Crippen molar-refractivity contribution in [1.82, 2.24) is 5.32 Å². The first-order chi connectivity index (χ1) is 14.7. The molecule has 0 radical (unpaired) electrons. The van der Waals surface area contributed by atoms with Gasteiger partial charge in [-0.25, -0.2) is 8.42 Å². The summed E-state index contributed by atoms with van der Waals surface area (Å²) in [6.07, 6.45) is 0. The van der Waals surface area contributed by atoms with Gasteiger partial charge in [-0.05, 0) is 82.3 Å². The average Bonchev–Trinajstić information content (AvgIpc) is 3.07. The lowest BCUT2D eigenvalue weighted by atomic mass is 10.1. The monoisotopic (exact) mass is 442 g/mol. The number of aryl methyl sites for hydroxylation is 2. The second kappa shape index (κ2) is 9.26. The predicted octanol–water partition coefficient (Wildman–Crippen LogP) is 4.59. The van der Waals surface area contributed by atoms with Gasteiger partial charge in [0.25, 0.3) is 15.9 Å². The Hall–Kier alpha value is -3.26. The van der Waals surface area contributed by atoms with Crippen LogP contribution in [0.1, 0.15) is 47.3 Å². The van der Waals surface area contributed by atoms with E-state index in [1.54, 1.807) is 24.3 Å². The van der Waals surface area contributed by atoms with Crippen LogP contribution in [0.3, 0.4) is 0 Å². The first kappa shape index (κ1) is 22.4. The van der Waals surface area contributed by atoms with Gasteiger partial charge in [-0.2, -0.15) is 0 Å². The number of hydrogen-bond acceptors (Lipinski definition) is 5. The van der Waals surface area contributed by atoms with Crippen LogP contribution in [0.25, 0.3) is 0 Å². The van der Waals surface area contributed by atoms with Gasteiger partial charge in [0.2, 0.25) is 0 Å². The summed E-state index contributed by atoms with van der Waals surface area (Å²) in [5.74, 6) is 1.90. The minimum Gasteiger partial charge on any atom is -0.494 e. The van der Waals surface area contributed by atoms with Gasteiger partial charge in [0.05, 0.1) is 17.5 Å². The van der Waals surface area contributed by atoms with E-state index >= 15 is 0 Å². The van der Waals surface area contributed by atoms with Gasteiger partial charge in [0, 0.05) is 16.8 Å². The Bertz CT molecular complexity index is 1150. The molecule has 2 N–H and O–H groups in total. The molecule has 164 valence electrons. The van der Waals surface area contributed by atoms with E-state index in [0.717, 1.165) is 17.1 Å². The quantitative estimate of drug-likeness (QED) is 0.532. The molecule has 7 nitrogen and oxygen atoms in total. The summed E-state index contributed by atoms with van der Waals surface area (Å²) < 4.78 is 38.7. The fourth-order valence-corrected chi connectivity index (χ4v) is 4.28. The van der Waals surface area contributed by atoms with Crippen LogP contribution in [0.15, 0.2) is 63.9 Å². The third-order valence-corrected chi connectivity index (χ3v) is 6.14. The number of sulfonamides is 1. The summed E-state index contributed by atoms with van der Waals surface area (Å²) in [6.45, 7) is 7.98. The molecule has 2 aromatic carbocycles. The van der Waals surface area contributed by atoms with E-state index in [1.165, 1.54) is 24.3 Å². The maximum Gasteiger partial charge on any atom is 0.261 e. The summed E-state index contributed by atoms with van der Waals surface area (Å²) in [4.78, 5) is 12.6. The Morgan fingerprint density at radius 2 is 1.71 bits per heavy atom. The van der Waals surface area contributed by atoms with Crippen molar-refractivity contribution in [2.45, 2.75) is 38.6 Å². The number of anilines is 1. The third-order valence-electron chi connectivity index (χ3n) is 4.74. The highest BCUT2D eigenvalue weighted by Crippen LogP contribution is 2.22. The zero-order valence-corrected chi connectivity index (χ0v) is 18.7. The lowest BCUT2D eigenvalue weighted by Gasteiger charge is -2.14. The third kappa shape index (κ3) is 5.46. The number of carbonyl (C=O) groups is 1. The molecule has 1 aromatic heterocycles. The lowest BCUT2D eigenvalue weighted by Crippen LogP contribution is -2.26. The van der Waals surface area contributed by atoms with Crippen molar-refractivity contribution >= 4 is 21.6 Å². The molecular weight excluding hydrogens is 416 g/mol. The van der Waals surface area contributed by atoms with Crippen LogP contribution in [0.4, 0.5) is 5.69 Å². The van der Waals surface area contributed by atoms with Crippen LogP contribution in [0.5, 0.6) is 5.75 Å². The van der Waals surface area contributed by atoms with Gasteiger partial charge in [-0.3, -0.25) is 9.52 Å². The molecule has 1 unspecified atom stereocenters. The van der Waals surface area contributed by atoms with E-state index in [9.17, 15) is 13.2 Å². The molecule has 3 rings (SSSR count). The van der Waals surface area contributed by atoms with Gasteiger partial charge in [-0.1, -0.05) is 0 Å². The molecule has 0 saturated heterocycles. The maximum atomic E-state index is 12.6. The number of carbonyl (C=O) groups excluding carboxylic acids is 1. The number of amides is 1. The molecule has 0 aliphatic carbocycles. The maximum absolute atomic E-state index is 12.6. The van der Waals surface area contributed by atoms with E-state index in [2.05, 4.69) is 10.0 Å². The Morgan fingerprint density at radius 1 is 1.06 bits per heavy atom. The van der Waals surface area contributed by atoms with E-state index in [0.29, 0.717) is 23.6 Å². The van der Waals surface area contributed by atoms with Crippen molar-refractivity contribution in [2.24, 2.45) is 0 Å². The first-order valence-corrected chi connectivity index (χ1v) is 11.4. The Labute approximate surface area is 182 Å². The number of ether oxygens (including phenoxy) is 1.